The van der Waals surface area contributed by atoms with Crippen LogP contribution in [-0.4, -0.2) is 22.5 Å². The summed E-state index contributed by atoms with van der Waals surface area (Å²) in [5.74, 6) is 0.132. The minimum absolute atomic E-state index is 0.0357. The lowest BCUT2D eigenvalue weighted by atomic mass is 9.98. The van der Waals surface area contributed by atoms with E-state index in [0.29, 0.717) is 16.7 Å². The number of carbonyl (C=O) groups is 1. The highest BCUT2D eigenvalue weighted by molar-refractivity contribution is 5.78. The predicted octanol–water partition coefficient (Wildman–Crippen LogP) is 3.65. The van der Waals surface area contributed by atoms with Crippen LogP contribution < -0.4 is 10.9 Å². The van der Waals surface area contributed by atoms with Crippen LogP contribution in [0.5, 0.6) is 0 Å². The fourth-order valence-corrected chi connectivity index (χ4v) is 3.41. The van der Waals surface area contributed by atoms with E-state index in [9.17, 15) is 9.59 Å². The molecule has 1 aromatic heterocycles. The molecule has 1 amide bonds. The van der Waals surface area contributed by atoms with Crippen molar-refractivity contribution in [2.75, 3.05) is 6.61 Å². The molecule has 0 aliphatic carbocycles. The molecule has 0 spiro atoms. The van der Waals surface area contributed by atoms with Crippen LogP contribution in [0, 0.1) is 6.92 Å². The van der Waals surface area contributed by atoms with Crippen molar-refractivity contribution >= 4 is 16.8 Å². The molecule has 1 heterocycles. The summed E-state index contributed by atoms with van der Waals surface area (Å²) in [5, 5.41) is 3.56. The zero-order valence-electron chi connectivity index (χ0n) is 17.2. The highest BCUT2D eigenvalue weighted by atomic mass is 16.5. The van der Waals surface area contributed by atoms with Gasteiger partial charge in [-0.3, -0.25) is 9.59 Å². The lowest BCUT2D eigenvalue weighted by Crippen LogP contribution is -2.32. The summed E-state index contributed by atoms with van der Waals surface area (Å²) >= 11 is 0. The Morgan fingerprint density at radius 2 is 1.65 bits per heavy atom. The minimum Gasteiger partial charge on any atom is -0.364 e. The lowest BCUT2D eigenvalue weighted by molar-refractivity contribution is -0.126. The van der Waals surface area contributed by atoms with Crippen molar-refractivity contribution in [2.24, 2.45) is 0 Å². The molecular weight excluding hydrogens is 390 g/mol. The van der Waals surface area contributed by atoms with E-state index >= 15 is 0 Å². The Morgan fingerprint density at radius 3 is 2.42 bits per heavy atom. The Bertz CT molecular complexity index is 1230. The SMILES string of the molecule is Cc1ccc([C@@H](NC(=O)COCc2nc3ccccc3c(=O)[nH]2)c2ccccc2)cc1. The third kappa shape index (κ3) is 5.05. The van der Waals surface area contributed by atoms with Crippen molar-refractivity contribution in [1.82, 2.24) is 15.3 Å². The van der Waals surface area contributed by atoms with Crippen LogP contribution in [0.3, 0.4) is 0 Å². The van der Waals surface area contributed by atoms with E-state index in [4.69, 9.17) is 4.74 Å². The summed E-state index contributed by atoms with van der Waals surface area (Å²) in [7, 11) is 0. The van der Waals surface area contributed by atoms with Gasteiger partial charge in [0, 0.05) is 0 Å². The summed E-state index contributed by atoms with van der Waals surface area (Å²) in [5.41, 5.74) is 3.50. The van der Waals surface area contributed by atoms with E-state index in [1.807, 2.05) is 67.6 Å². The van der Waals surface area contributed by atoms with Gasteiger partial charge in [-0.05, 0) is 30.2 Å². The first kappa shape index (κ1) is 20.5. The highest BCUT2D eigenvalue weighted by Gasteiger charge is 2.17. The number of hydrogen-bond donors (Lipinski definition) is 2. The highest BCUT2D eigenvalue weighted by Crippen LogP contribution is 2.22. The number of nitrogens with one attached hydrogen (secondary N) is 2. The second kappa shape index (κ2) is 9.36. The number of rotatable bonds is 7. The normalized spacial score (nSPS) is 11.9. The molecule has 6 nitrogen and oxygen atoms in total. The number of benzene rings is 3. The van der Waals surface area contributed by atoms with Crippen molar-refractivity contribution in [2.45, 2.75) is 19.6 Å². The Hall–Kier alpha value is -3.77. The number of H-pyrrole nitrogens is 1. The molecule has 0 saturated heterocycles. The fraction of sp³-hybridized carbons (Fsp3) is 0.160. The molecule has 0 aliphatic rings. The number of para-hydroxylation sites is 1. The van der Waals surface area contributed by atoms with E-state index in [-0.39, 0.29) is 30.7 Å². The largest absolute Gasteiger partial charge is 0.364 e. The topological polar surface area (TPSA) is 84.1 Å². The van der Waals surface area contributed by atoms with Gasteiger partial charge in [-0.2, -0.15) is 0 Å². The van der Waals surface area contributed by atoms with Crippen LogP contribution in [0.25, 0.3) is 10.9 Å². The van der Waals surface area contributed by atoms with Crippen molar-refractivity contribution < 1.29 is 9.53 Å². The van der Waals surface area contributed by atoms with Crippen molar-refractivity contribution in [3.63, 3.8) is 0 Å². The molecule has 0 radical (unpaired) electrons. The molecule has 6 heteroatoms. The molecule has 2 N–H and O–H groups in total. The fourth-order valence-electron chi connectivity index (χ4n) is 3.41. The molecule has 0 aliphatic heterocycles. The number of hydrogen-bond acceptors (Lipinski definition) is 4. The van der Waals surface area contributed by atoms with Crippen molar-refractivity contribution in [3.05, 3.63) is 112 Å². The predicted molar refractivity (Wildman–Crippen MR) is 120 cm³/mol. The molecule has 1 atom stereocenters. The van der Waals surface area contributed by atoms with Gasteiger partial charge < -0.3 is 15.0 Å². The number of carbonyl (C=O) groups excluding carboxylic acids is 1. The molecule has 0 bridgehead atoms. The Kier molecular flexibility index (Phi) is 6.19. The molecule has 31 heavy (non-hydrogen) atoms. The first-order chi connectivity index (χ1) is 15.1. The van der Waals surface area contributed by atoms with E-state index in [1.54, 1.807) is 18.2 Å². The lowest BCUT2D eigenvalue weighted by Gasteiger charge is -2.20. The monoisotopic (exact) mass is 413 g/mol. The first-order valence-corrected chi connectivity index (χ1v) is 10.1. The molecule has 0 unspecified atom stereocenters. The van der Waals surface area contributed by atoms with Crippen LogP contribution in [0.1, 0.15) is 28.6 Å². The third-order valence-electron chi connectivity index (χ3n) is 4.98. The number of aryl methyl sites for hydroxylation is 1. The number of amides is 1. The summed E-state index contributed by atoms with van der Waals surface area (Å²) in [4.78, 5) is 31.8. The zero-order chi connectivity index (χ0) is 21.6. The maximum absolute atomic E-state index is 12.6. The van der Waals surface area contributed by atoms with E-state index in [1.165, 1.54) is 0 Å². The van der Waals surface area contributed by atoms with Gasteiger partial charge in [0.1, 0.15) is 19.0 Å². The Morgan fingerprint density at radius 1 is 0.968 bits per heavy atom. The van der Waals surface area contributed by atoms with Crippen molar-refractivity contribution in [1.29, 1.82) is 0 Å². The van der Waals surface area contributed by atoms with Gasteiger partial charge in [-0.25, -0.2) is 4.98 Å². The van der Waals surface area contributed by atoms with Gasteiger partial charge in [0.15, 0.2) is 0 Å². The summed E-state index contributed by atoms with van der Waals surface area (Å²) in [6.45, 7) is 1.92. The van der Waals surface area contributed by atoms with Crippen LogP contribution in [0.4, 0.5) is 0 Å². The van der Waals surface area contributed by atoms with E-state index in [0.717, 1.165) is 16.7 Å². The molecule has 156 valence electrons. The second-order valence-electron chi connectivity index (χ2n) is 7.34. The summed E-state index contributed by atoms with van der Waals surface area (Å²) < 4.78 is 5.53. The van der Waals surface area contributed by atoms with Gasteiger partial charge >= 0.3 is 0 Å². The molecular formula is C25H23N3O3. The molecule has 4 rings (SSSR count). The number of nitrogens with zero attached hydrogens (tertiary/aromatic N) is 1. The summed E-state index contributed by atoms with van der Waals surface area (Å²) in [6, 6.07) is 24.7. The van der Waals surface area contributed by atoms with Gasteiger partial charge in [0.25, 0.3) is 5.56 Å². The number of ether oxygens (including phenoxy) is 1. The van der Waals surface area contributed by atoms with Crippen LogP contribution in [0.15, 0.2) is 83.7 Å². The van der Waals surface area contributed by atoms with Gasteiger partial charge in [0.2, 0.25) is 5.91 Å². The van der Waals surface area contributed by atoms with Gasteiger partial charge in [0.05, 0.1) is 16.9 Å². The first-order valence-electron chi connectivity index (χ1n) is 10.1. The van der Waals surface area contributed by atoms with Gasteiger partial charge in [-0.1, -0.05) is 72.3 Å². The minimum atomic E-state index is -0.281. The maximum Gasteiger partial charge on any atom is 0.258 e. The molecule has 0 fully saturated rings. The molecule has 0 saturated carbocycles. The average molecular weight is 413 g/mol. The second-order valence-corrected chi connectivity index (χ2v) is 7.34. The van der Waals surface area contributed by atoms with Crippen LogP contribution in [0.2, 0.25) is 0 Å². The van der Waals surface area contributed by atoms with E-state index < -0.39 is 0 Å². The number of fused-ring (bicyclic) bond motifs is 1. The summed E-state index contributed by atoms with van der Waals surface area (Å²) in [6.07, 6.45) is 0. The maximum atomic E-state index is 12.6. The van der Waals surface area contributed by atoms with E-state index in [2.05, 4.69) is 15.3 Å². The quantitative estimate of drug-likeness (QED) is 0.484. The zero-order valence-corrected chi connectivity index (χ0v) is 17.2. The third-order valence-corrected chi connectivity index (χ3v) is 4.98. The average Bonchev–Trinajstić information content (AvgIpc) is 2.79. The number of aromatic amines is 1. The number of aromatic nitrogens is 2. The standard InChI is InChI=1S/C25H23N3O3/c1-17-11-13-19(14-12-17)24(18-7-3-2-4-8-18)28-23(29)16-31-15-22-26-21-10-6-5-9-20(21)25(30)27-22/h2-14,24H,15-16H2,1H3,(H,28,29)(H,26,27,30)/t24-/m0/s1. The Labute approximate surface area is 179 Å². The molecule has 4 aromatic rings. The van der Waals surface area contributed by atoms with Crippen LogP contribution in [-0.2, 0) is 16.1 Å². The van der Waals surface area contributed by atoms with Crippen molar-refractivity contribution in [3.8, 4) is 0 Å². The smallest absolute Gasteiger partial charge is 0.258 e. The molecule has 3 aromatic carbocycles. The Balaban J connectivity index is 1.42. The van der Waals surface area contributed by atoms with Gasteiger partial charge in [-0.15, -0.1) is 0 Å². The van der Waals surface area contributed by atoms with Crippen LogP contribution >= 0.6 is 0 Å².